The minimum absolute atomic E-state index is 0.0137. The molecule has 5 N–H and O–H groups in total. The zero-order valence-corrected chi connectivity index (χ0v) is 38.5. The third kappa shape index (κ3) is 11.3. The molecule has 0 radical (unpaired) electrons. The number of aromatic nitrogens is 2. The van der Waals surface area contributed by atoms with Crippen molar-refractivity contribution in [3.63, 3.8) is 0 Å². The minimum Gasteiger partial charge on any atom is -0.507 e. The average Bonchev–Trinajstić information content (AvgIpc) is 3.54. The number of rotatable bonds is 18. The lowest BCUT2D eigenvalue weighted by atomic mass is 10.0. The number of ether oxygens (including phenoxy) is 3. The van der Waals surface area contributed by atoms with Crippen LogP contribution in [0, 0.1) is 11.6 Å². The molecule has 2 fully saturated rings. The van der Waals surface area contributed by atoms with E-state index in [2.05, 4.69) is 31.2 Å². The standard InChI is InChI=1S/C46H52ClF2N9O10/c1-46(2,3)68-45(65)57-19-17-56(18-20-57)40-27-25-28(47)36(37-29(48)8-5-10-32(37)59)38(49)39(27)54-44(55-40)52-15-13-33(60)51-14-6-21-66-23-24-67-22-16-50-30-9-4-7-26-35(30)43(64)58(42(26)63)31-11-12-34(61)53-41(31)62/h4-5,7-10,25,31,50,59H,6,11-24H2,1-3H3,(H,51,60)(H,52,54,55)(H,53,61,62)/t31-/m1/s1. The first-order chi connectivity index (χ1) is 32.5. The number of piperazine rings is 1. The molecule has 22 heteroatoms. The van der Waals surface area contributed by atoms with Gasteiger partial charge in [-0.2, -0.15) is 4.98 Å². The number of phenols is 1. The van der Waals surface area contributed by atoms with Crippen LogP contribution in [0.5, 0.6) is 5.75 Å². The van der Waals surface area contributed by atoms with Crippen molar-refractivity contribution in [1.29, 1.82) is 0 Å². The number of benzene rings is 3. The fourth-order valence-electron chi connectivity index (χ4n) is 7.94. The van der Waals surface area contributed by atoms with Crippen LogP contribution in [0.25, 0.3) is 22.0 Å². The number of halogens is 3. The largest absolute Gasteiger partial charge is 0.507 e. The molecule has 0 saturated carbocycles. The number of imide groups is 2. The maximum atomic E-state index is 16.5. The Hall–Kier alpha value is -6.71. The number of nitrogens with zero attached hydrogens (tertiary/aromatic N) is 5. The highest BCUT2D eigenvalue weighted by Gasteiger charge is 2.45. The van der Waals surface area contributed by atoms with Crippen LogP contribution in [0.3, 0.4) is 0 Å². The molecule has 4 aromatic rings. The molecule has 0 bridgehead atoms. The molecular weight excluding hydrogens is 912 g/mol. The number of phenolic OH excluding ortho intramolecular Hbond substituents is 1. The molecule has 19 nitrogen and oxygen atoms in total. The van der Waals surface area contributed by atoms with Gasteiger partial charge in [-0.15, -0.1) is 0 Å². The summed E-state index contributed by atoms with van der Waals surface area (Å²) in [7, 11) is 0. The number of nitrogens with one attached hydrogen (secondary N) is 4. The molecule has 6 amide bonds. The van der Waals surface area contributed by atoms with Gasteiger partial charge in [0.1, 0.15) is 34.5 Å². The molecule has 0 spiro atoms. The topological polar surface area (TPSA) is 234 Å². The van der Waals surface area contributed by atoms with Crippen LogP contribution in [-0.2, 0) is 28.6 Å². The highest BCUT2D eigenvalue weighted by molar-refractivity contribution is 6.34. The molecular formula is C46H52ClF2N9O10. The molecule has 3 aliphatic rings. The van der Waals surface area contributed by atoms with Crippen molar-refractivity contribution >= 4 is 75.6 Å². The highest BCUT2D eigenvalue weighted by atomic mass is 35.5. The quantitative estimate of drug-likeness (QED) is 0.0663. The number of carbonyl (C=O) groups excluding carboxylic acids is 6. The van der Waals surface area contributed by atoms with Gasteiger partial charge in [-0.1, -0.05) is 23.7 Å². The predicted octanol–water partition coefficient (Wildman–Crippen LogP) is 4.85. The second-order valence-electron chi connectivity index (χ2n) is 17.1. The van der Waals surface area contributed by atoms with Gasteiger partial charge < -0.3 is 45.1 Å². The van der Waals surface area contributed by atoms with Gasteiger partial charge in [-0.05, 0) is 63.9 Å². The van der Waals surface area contributed by atoms with Gasteiger partial charge >= 0.3 is 6.09 Å². The van der Waals surface area contributed by atoms with Crippen LogP contribution in [-0.4, -0.2) is 144 Å². The van der Waals surface area contributed by atoms with Crippen molar-refractivity contribution < 1.29 is 56.9 Å². The van der Waals surface area contributed by atoms with Gasteiger partial charge in [0.15, 0.2) is 5.82 Å². The molecule has 4 heterocycles. The molecule has 7 rings (SSSR count). The summed E-state index contributed by atoms with van der Waals surface area (Å²) in [4.78, 5) is 89.2. The third-order valence-corrected chi connectivity index (χ3v) is 11.5. The summed E-state index contributed by atoms with van der Waals surface area (Å²) >= 11 is 6.58. The molecule has 3 aromatic carbocycles. The number of amides is 6. The maximum Gasteiger partial charge on any atom is 0.410 e. The van der Waals surface area contributed by atoms with Crippen molar-refractivity contribution in [3.05, 3.63) is 70.2 Å². The van der Waals surface area contributed by atoms with Crippen LogP contribution >= 0.6 is 11.6 Å². The second kappa shape index (κ2) is 21.5. The van der Waals surface area contributed by atoms with Crippen LogP contribution in [0.1, 0.15) is 67.2 Å². The normalized spacial score (nSPS) is 16.3. The van der Waals surface area contributed by atoms with E-state index in [1.165, 1.54) is 24.3 Å². The van der Waals surface area contributed by atoms with Gasteiger partial charge in [-0.25, -0.2) is 18.6 Å². The molecule has 1 atom stereocenters. The highest BCUT2D eigenvalue weighted by Crippen LogP contribution is 2.43. The van der Waals surface area contributed by atoms with Crippen LogP contribution in [0.2, 0.25) is 5.02 Å². The Morgan fingerprint density at radius 3 is 2.34 bits per heavy atom. The predicted molar refractivity (Wildman–Crippen MR) is 246 cm³/mol. The van der Waals surface area contributed by atoms with Crippen molar-refractivity contribution in [2.45, 2.75) is 58.1 Å². The molecule has 362 valence electrons. The number of hydrogen-bond acceptors (Lipinski definition) is 15. The van der Waals surface area contributed by atoms with E-state index in [1.807, 2.05) is 4.90 Å². The van der Waals surface area contributed by atoms with Crippen LogP contribution < -0.4 is 26.2 Å². The second-order valence-corrected chi connectivity index (χ2v) is 17.5. The Kier molecular flexibility index (Phi) is 15.6. The van der Waals surface area contributed by atoms with E-state index in [0.717, 1.165) is 11.0 Å². The SMILES string of the molecule is CC(C)(C)OC(=O)N1CCN(c2nc(NCCC(=O)NCCCOCCOCCNc3cccc4c3C(=O)N([C@@H]3CCC(=O)NC3=O)C4=O)nc3c(F)c(-c4c(O)cccc4F)c(Cl)cc23)CC1. The summed E-state index contributed by atoms with van der Waals surface area (Å²) in [5, 5.41) is 21.7. The minimum atomic E-state index is -1.06. The van der Waals surface area contributed by atoms with E-state index in [-0.39, 0.29) is 103 Å². The zero-order chi connectivity index (χ0) is 48.7. The van der Waals surface area contributed by atoms with Gasteiger partial charge in [0.2, 0.25) is 23.7 Å². The average molecular weight is 964 g/mol. The van der Waals surface area contributed by atoms with Crippen LogP contribution in [0.15, 0.2) is 42.5 Å². The monoisotopic (exact) mass is 963 g/mol. The number of aromatic hydroxyl groups is 1. The first kappa shape index (κ1) is 49.2. The summed E-state index contributed by atoms with van der Waals surface area (Å²) in [6.45, 7) is 8.39. The van der Waals surface area contributed by atoms with E-state index < -0.39 is 64.3 Å². The molecule has 1 aromatic heterocycles. The Balaban J connectivity index is 0.850. The summed E-state index contributed by atoms with van der Waals surface area (Å²) in [5.41, 5.74) is -0.919. The molecule has 0 aliphatic carbocycles. The maximum absolute atomic E-state index is 16.5. The fraction of sp³-hybridized carbons (Fsp3) is 0.435. The van der Waals surface area contributed by atoms with Crippen molar-refractivity contribution in [1.82, 2.24) is 30.4 Å². The first-order valence-electron chi connectivity index (χ1n) is 22.2. The van der Waals surface area contributed by atoms with Crippen molar-refractivity contribution in [3.8, 4) is 16.9 Å². The number of piperidine rings is 1. The Morgan fingerprint density at radius 1 is 0.882 bits per heavy atom. The van der Waals surface area contributed by atoms with E-state index in [0.29, 0.717) is 50.7 Å². The number of anilines is 3. The lowest BCUT2D eigenvalue weighted by molar-refractivity contribution is -0.136. The first-order valence-corrected chi connectivity index (χ1v) is 22.5. The van der Waals surface area contributed by atoms with E-state index in [9.17, 15) is 38.3 Å². The Labute approximate surface area is 394 Å². The Bertz CT molecular complexity index is 2590. The zero-order valence-electron chi connectivity index (χ0n) is 37.7. The fourth-order valence-corrected chi connectivity index (χ4v) is 8.22. The molecule has 0 unspecified atom stereocenters. The number of hydrogen-bond donors (Lipinski definition) is 5. The molecule has 68 heavy (non-hydrogen) atoms. The summed E-state index contributed by atoms with van der Waals surface area (Å²) in [6, 6.07) is 8.75. The number of carbonyl (C=O) groups is 6. The number of fused-ring (bicyclic) bond motifs is 2. The lowest BCUT2D eigenvalue weighted by Gasteiger charge is -2.36. The van der Waals surface area contributed by atoms with Gasteiger partial charge in [-0.3, -0.25) is 34.2 Å². The Morgan fingerprint density at radius 2 is 1.62 bits per heavy atom. The van der Waals surface area contributed by atoms with E-state index in [1.54, 1.807) is 37.8 Å². The summed E-state index contributed by atoms with van der Waals surface area (Å²) in [6.07, 6.45) is 0.159. The van der Waals surface area contributed by atoms with E-state index >= 15 is 4.39 Å². The van der Waals surface area contributed by atoms with Crippen LogP contribution in [0.4, 0.5) is 31.0 Å². The third-order valence-electron chi connectivity index (χ3n) is 11.2. The van der Waals surface area contributed by atoms with E-state index in [4.69, 9.17) is 25.8 Å². The van der Waals surface area contributed by atoms with Gasteiger partial charge in [0.05, 0.1) is 41.5 Å². The lowest BCUT2D eigenvalue weighted by Crippen LogP contribution is -2.54. The smallest absolute Gasteiger partial charge is 0.410 e. The van der Waals surface area contributed by atoms with Gasteiger partial charge in [0.25, 0.3) is 11.8 Å². The molecule has 3 aliphatic heterocycles. The van der Waals surface area contributed by atoms with Crippen molar-refractivity contribution in [2.75, 3.05) is 87.8 Å². The van der Waals surface area contributed by atoms with Gasteiger partial charge in [0, 0.05) is 81.9 Å². The van der Waals surface area contributed by atoms with Crippen molar-refractivity contribution in [2.24, 2.45) is 0 Å². The summed E-state index contributed by atoms with van der Waals surface area (Å²) < 4.78 is 48.3. The summed E-state index contributed by atoms with van der Waals surface area (Å²) in [5.74, 6) is -4.70. The molecule has 2 saturated heterocycles.